The third-order valence-electron chi connectivity index (χ3n) is 3.88. The summed E-state index contributed by atoms with van der Waals surface area (Å²) in [4.78, 5) is 12.1. The van der Waals surface area contributed by atoms with E-state index < -0.39 is 6.10 Å². The van der Waals surface area contributed by atoms with Crippen LogP contribution in [0.4, 0.5) is 0 Å². The molecule has 0 aromatic heterocycles. The van der Waals surface area contributed by atoms with E-state index in [9.17, 15) is 4.79 Å². The van der Waals surface area contributed by atoms with E-state index >= 15 is 0 Å². The third kappa shape index (κ3) is 3.51. The average molecular weight is 276 g/mol. The number of aryl methyl sites for hydroxylation is 1. The molecule has 1 aliphatic carbocycles. The highest BCUT2D eigenvalue weighted by molar-refractivity contribution is 5.81. The van der Waals surface area contributed by atoms with Crippen LogP contribution in [-0.2, 0) is 11.3 Å². The van der Waals surface area contributed by atoms with E-state index in [1.54, 1.807) is 6.92 Å². The Kier molecular flexibility index (Phi) is 5.01. The molecule has 1 fully saturated rings. The Morgan fingerprint density at radius 3 is 2.80 bits per heavy atom. The van der Waals surface area contributed by atoms with Crippen LogP contribution in [0.2, 0.25) is 0 Å². The fraction of sp³-hybridized carbons (Fsp3) is 0.562. The Bertz CT molecular complexity index is 468. The second-order valence-corrected chi connectivity index (χ2v) is 5.52. The molecule has 4 nitrogen and oxygen atoms in total. The highest BCUT2D eigenvalue weighted by Crippen LogP contribution is 2.24. The van der Waals surface area contributed by atoms with Crippen molar-refractivity contribution in [2.75, 3.05) is 0 Å². The van der Waals surface area contributed by atoms with Crippen molar-refractivity contribution in [3.05, 3.63) is 29.3 Å². The number of hydrogen-bond donors (Lipinski definition) is 2. The van der Waals surface area contributed by atoms with Crippen LogP contribution < -0.4 is 15.8 Å². The average Bonchev–Trinajstić information content (AvgIpc) is 2.93. The van der Waals surface area contributed by atoms with E-state index in [0.717, 1.165) is 29.7 Å². The summed E-state index contributed by atoms with van der Waals surface area (Å²) in [6.45, 7) is 4.17. The van der Waals surface area contributed by atoms with Gasteiger partial charge in [0.15, 0.2) is 6.10 Å². The molecule has 2 rings (SSSR count). The molecule has 0 aliphatic heterocycles. The Hall–Kier alpha value is -1.55. The molecule has 110 valence electrons. The lowest BCUT2D eigenvalue weighted by Crippen LogP contribution is -2.41. The van der Waals surface area contributed by atoms with Gasteiger partial charge in [-0.2, -0.15) is 0 Å². The lowest BCUT2D eigenvalue weighted by atomic mass is 10.1. The van der Waals surface area contributed by atoms with Gasteiger partial charge in [-0.1, -0.05) is 31.0 Å². The van der Waals surface area contributed by atoms with E-state index in [0.29, 0.717) is 12.6 Å². The summed E-state index contributed by atoms with van der Waals surface area (Å²) in [5.41, 5.74) is 7.67. The molecule has 20 heavy (non-hydrogen) atoms. The minimum atomic E-state index is -0.498. The summed E-state index contributed by atoms with van der Waals surface area (Å²) in [5, 5.41) is 3.06. The topological polar surface area (TPSA) is 64.3 Å². The second-order valence-electron chi connectivity index (χ2n) is 5.52. The maximum absolute atomic E-state index is 12.1. The Balaban J connectivity index is 1.99. The van der Waals surface area contributed by atoms with Gasteiger partial charge in [-0.3, -0.25) is 4.79 Å². The summed E-state index contributed by atoms with van der Waals surface area (Å²) in [7, 11) is 0. The van der Waals surface area contributed by atoms with E-state index in [2.05, 4.69) is 5.32 Å². The number of carbonyl (C=O) groups excluding carboxylic acids is 1. The highest BCUT2D eigenvalue weighted by atomic mass is 16.5. The molecule has 1 aliphatic rings. The molecule has 3 N–H and O–H groups in total. The van der Waals surface area contributed by atoms with Gasteiger partial charge in [0.25, 0.3) is 5.91 Å². The van der Waals surface area contributed by atoms with Crippen LogP contribution in [0, 0.1) is 6.92 Å². The lowest BCUT2D eigenvalue weighted by molar-refractivity contribution is -0.128. The first-order valence-electron chi connectivity index (χ1n) is 7.37. The molecule has 0 saturated heterocycles. The quantitative estimate of drug-likeness (QED) is 0.867. The van der Waals surface area contributed by atoms with E-state index in [4.69, 9.17) is 10.5 Å². The molecule has 0 bridgehead atoms. The molecule has 1 atom stereocenters. The van der Waals surface area contributed by atoms with Gasteiger partial charge in [0.05, 0.1) is 0 Å². The van der Waals surface area contributed by atoms with Crippen molar-refractivity contribution in [3.63, 3.8) is 0 Å². The molecular weight excluding hydrogens is 252 g/mol. The van der Waals surface area contributed by atoms with Gasteiger partial charge in [-0.05, 0) is 32.3 Å². The molecule has 1 saturated carbocycles. The van der Waals surface area contributed by atoms with Crippen molar-refractivity contribution in [1.29, 1.82) is 0 Å². The zero-order valence-electron chi connectivity index (χ0n) is 12.3. The second kappa shape index (κ2) is 6.75. The maximum Gasteiger partial charge on any atom is 0.260 e. The minimum Gasteiger partial charge on any atom is -0.480 e. The highest BCUT2D eigenvalue weighted by Gasteiger charge is 2.22. The van der Waals surface area contributed by atoms with Crippen molar-refractivity contribution in [1.82, 2.24) is 5.32 Å². The van der Waals surface area contributed by atoms with Crippen LogP contribution in [0.1, 0.15) is 43.7 Å². The van der Waals surface area contributed by atoms with Gasteiger partial charge in [0.1, 0.15) is 5.75 Å². The number of carbonyl (C=O) groups is 1. The van der Waals surface area contributed by atoms with Crippen LogP contribution in [0.3, 0.4) is 0 Å². The van der Waals surface area contributed by atoms with Gasteiger partial charge < -0.3 is 15.8 Å². The number of ether oxygens (including phenoxy) is 1. The number of hydrogen-bond acceptors (Lipinski definition) is 3. The molecule has 0 radical (unpaired) electrons. The normalized spacial score (nSPS) is 16.9. The summed E-state index contributed by atoms with van der Waals surface area (Å²) in [6, 6.07) is 6.17. The summed E-state index contributed by atoms with van der Waals surface area (Å²) >= 11 is 0. The fourth-order valence-electron chi connectivity index (χ4n) is 2.66. The summed E-state index contributed by atoms with van der Waals surface area (Å²) in [6.07, 6.45) is 4.07. The number of amides is 1. The Morgan fingerprint density at radius 2 is 2.15 bits per heavy atom. The van der Waals surface area contributed by atoms with Crippen LogP contribution in [0.25, 0.3) is 0 Å². The van der Waals surface area contributed by atoms with E-state index in [1.807, 2.05) is 25.1 Å². The van der Waals surface area contributed by atoms with Gasteiger partial charge in [-0.25, -0.2) is 0 Å². The van der Waals surface area contributed by atoms with Gasteiger partial charge in [0, 0.05) is 18.2 Å². The SMILES string of the molecule is Cc1cccc(CN)c1OC(C)C(=O)NC1CCCC1. The standard InChI is InChI=1S/C16H24N2O2/c1-11-6-5-7-13(10-17)15(11)20-12(2)16(19)18-14-8-3-4-9-14/h5-7,12,14H,3-4,8-10,17H2,1-2H3,(H,18,19). The molecule has 4 heteroatoms. The van der Waals surface area contributed by atoms with Crippen molar-refractivity contribution in [2.45, 2.75) is 58.2 Å². The first-order valence-corrected chi connectivity index (χ1v) is 7.37. The smallest absolute Gasteiger partial charge is 0.260 e. The molecule has 1 amide bonds. The van der Waals surface area contributed by atoms with Crippen LogP contribution in [0.5, 0.6) is 5.75 Å². The van der Waals surface area contributed by atoms with E-state index in [1.165, 1.54) is 12.8 Å². The first-order chi connectivity index (χ1) is 9.61. The summed E-state index contributed by atoms with van der Waals surface area (Å²) < 4.78 is 5.85. The molecular formula is C16H24N2O2. The van der Waals surface area contributed by atoms with Crippen molar-refractivity contribution < 1.29 is 9.53 Å². The molecule has 1 aromatic rings. The summed E-state index contributed by atoms with van der Waals surface area (Å²) in [5.74, 6) is 0.701. The largest absolute Gasteiger partial charge is 0.480 e. The van der Waals surface area contributed by atoms with Crippen LogP contribution in [0.15, 0.2) is 18.2 Å². The van der Waals surface area contributed by atoms with E-state index in [-0.39, 0.29) is 5.91 Å². The molecule has 1 unspecified atom stereocenters. The lowest BCUT2D eigenvalue weighted by Gasteiger charge is -2.20. The molecule has 0 heterocycles. The van der Waals surface area contributed by atoms with Crippen molar-refractivity contribution >= 4 is 5.91 Å². The Labute approximate surface area is 120 Å². The number of rotatable bonds is 5. The maximum atomic E-state index is 12.1. The van der Waals surface area contributed by atoms with Gasteiger partial charge >= 0.3 is 0 Å². The first kappa shape index (κ1) is 14.9. The third-order valence-corrected chi connectivity index (χ3v) is 3.88. The zero-order valence-corrected chi connectivity index (χ0v) is 12.3. The number of benzene rings is 1. The minimum absolute atomic E-state index is 0.0388. The van der Waals surface area contributed by atoms with Crippen molar-refractivity contribution in [3.8, 4) is 5.75 Å². The Morgan fingerprint density at radius 1 is 1.45 bits per heavy atom. The molecule has 0 spiro atoms. The number of nitrogens with two attached hydrogens (primary N) is 1. The van der Waals surface area contributed by atoms with Crippen molar-refractivity contribution in [2.24, 2.45) is 5.73 Å². The predicted octanol–water partition coefficient (Wildman–Crippen LogP) is 2.28. The van der Waals surface area contributed by atoms with Crippen LogP contribution in [-0.4, -0.2) is 18.1 Å². The fourth-order valence-corrected chi connectivity index (χ4v) is 2.66. The predicted molar refractivity (Wildman–Crippen MR) is 79.6 cm³/mol. The number of para-hydroxylation sites is 1. The van der Waals surface area contributed by atoms with Gasteiger partial charge in [-0.15, -0.1) is 0 Å². The zero-order chi connectivity index (χ0) is 14.5. The molecule has 1 aromatic carbocycles. The number of nitrogens with one attached hydrogen (secondary N) is 1. The van der Waals surface area contributed by atoms with Crippen LogP contribution >= 0.6 is 0 Å². The monoisotopic (exact) mass is 276 g/mol. The van der Waals surface area contributed by atoms with Gasteiger partial charge in [0.2, 0.25) is 0 Å².